The molecule has 4 heteroatoms. The first-order chi connectivity index (χ1) is 6.83. The zero-order chi connectivity index (χ0) is 9.97. The number of hydrogen-bond acceptors (Lipinski definition) is 4. The van der Waals surface area contributed by atoms with E-state index in [0.29, 0.717) is 23.7 Å². The fourth-order valence-corrected chi connectivity index (χ4v) is 1.30. The van der Waals surface area contributed by atoms with E-state index in [2.05, 4.69) is 0 Å². The second kappa shape index (κ2) is 3.67. The SMILES string of the molecule is O=Cc1ccc2c(c1)OC(CO)CO2. The number of rotatable bonds is 2. The van der Waals surface area contributed by atoms with E-state index in [0.717, 1.165) is 6.29 Å². The molecule has 0 saturated carbocycles. The summed E-state index contributed by atoms with van der Waals surface area (Å²) < 4.78 is 10.7. The van der Waals surface area contributed by atoms with Crippen molar-refractivity contribution in [2.75, 3.05) is 13.2 Å². The normalized spacial score (nSPS) is 19.1. The first-order valence-corrected chi connectivity index (χ1v) is 4.33. The maximum absolute atomic E-state index is 10.5. The Bertz CT molecular complexity index is 348. The van der Waals surface area contributed by atoms with Crippen molar-refractivity contribution in [2.24, 2.45) is 0 Å². The van der Waals surface area contributed by atoms with Crippen molar-refractivity contribution in [1.29, 1.82) is 0 Å². The van der Waals surface area contributed by atoms with Crippen LogP contribution in [0.2, 0.25) is 0 Å². The largest absolute Gasteiger partial charge is 0.486 e. The Kier molecular flexibility index (Phi) is 2.37. The summed E-state index contributed by atoms with van der Waals surface area (Å²) in [6, 6.07) is 4.95. The highest BCUT2D eigenvalue weighted by Gasteiger charge is 2.20. The van der Waals surface area contributed by atoms with Crippen LogP contribution in [0.25, 0.3) is 0 Å². The summed E-state index contributed by atoms with van der Waals surface area (Å²) in [5, 5.41) is 8.87. The lowest BCUT2D eigenvalue weighted by Crippen LogP contribution is -2.32. The number of aliphatic hydroxyl groups excluding tert-OH is 1. The topological polar surface area (TPSA) is 55.8 Å². The fraction of sp³-hybridized carbons (Fsp3) is 0.300. The van der Waals surface area contributed by atoms with Crippen LogP contribution in [0.4, 0.5) is 0 Å². The number of carbonyl (C=O) groups excluding carboxylic acids is 1. The molecule has 0 aromatic heterocycles. The van der Waals surface area contributed by atoms with Crippen molar-refractivity contribution in [3.63, 3.8) is 0 Å². The van der Waals surface area contributed by atoms with Crippen molar-refractivity contribution >= 4 is 6.29 Å². The molecule has 0 aliphatic carbocycles. The molecule has 0 saturated heterocycles. The number of ether oxygens (including phenoxy) is 2. The molecule has 1 aliphatic heterocycles. The Hall–Kier alpha value is -1.55. The van der Waals surface area contributed by atoms with Crippen LogP contribution in [0, 0.1) is 0 Å². The summed E-state index contributed by atoms with van der Waals surface area (Å²) in [6.07, 6.45) is 0.399. The molecule has 0 fully saturated rings. The molecule has 0 bridgehead atoms. The molecule has 1 aliphatic rings. The molecule has 0 radical (unpaired) electrons. The van der Waals surface area contributed by atoms with Crippen molar-refractivity contribution in [3.8, 4) is 11.5 Å². The van der Waals surface area contributed by atoms with E-state index in [4.69, 9.17) is 14.6 Å². The van der Waals surface area contributed by atoms with Gasteiger partial charge < -0.3 is 14.6 Å². The lowest BCUT2D eigenvalue weighted by atomic mass is 10.2. The first kappa shape index (κ1) is 9.02. The van der Waals surface area contributed by atoms with Crippen molar-refractivity contribution in [2.45, 2.75) is 6.10 Å². The van der Waals surface area contributed by atoms with Crippen LogP contribution in [0.15, 0.2) is 18.2 Å². The third-order valence-corrected chi connectivity index (χ3v) is 2.03. The molecule has 1 N–H and O–H groups in total. The fourth-order valence-electron chi connectivity index (χ4n) is 1.30. The number of aldehydes is 1. The van der Waals surface area contributed by atoms with Crippen LogP contribution < -0.4 is 9.47 Å². The van der Waals surface area contributed by atoms with Gasteiger partial charge in [-0.3, -0.25) is 4.79 Å². The second-order valence-corrected chi connectivity index (χ2v) is 3.06. The minimum Gasteiger partial charge on any atom is -0.486 e. The van der Waals surface area contributed by atoms with Crippen LogP contribution in [-0.2, 0) is 0 Å². The molecule has 1 heterocycles. The molecular weight excluding hydrogens is 184 g/mol. The molecule has 1 aromatic rings. The Morgan fingerprint density at radius 3 is 3.07 bits per heavy atom. The van der Waals surface area contributed by atoms with E-state index in [1.54, 1.807) is 18.2 Å². The Morgan fingerprint density at radius 2 is 2.36 bits per heavy atom. The monoisotopic (exact) mass is 194 g/mol. The smallest absolute Gasteiger partial charge is 0.162 e. The maximum atomic E-state index is 10.5. The number of aliphatic hydroxyl groups is 1. The van der Waals surface area contributed by atoms with Crippen molar-refractivity contribution < 1.29 is 19.4 Å². The zero-order valence-corrected chi connectivity index (χ0v) is 7.47. The molecule has 74 valence electrons. The Morgan fingerprint density at radius 1 is 1.50 bits per heavy atom. The number of benzene rings is 1. The van der Waals surface area contributed by atoms with Gasteiger partial charge in [0.2, 0.25) is 0 Å². The van der Waals surface area contributed by atoms with E-state index < -0.39 is 0 Å². The first-order valence-electron chi connectivity index (χ1n) is 4.33. The van der Waals surface area contributed by atoms with Gasteiger partial charge >= 0.3 is 0 Å². The molecular formula is C10H10O4. The number of carbonyl (C=O) groups is 1. The number of fused-ring (bicyclic) bond motifs is 1. The Labute approximate surface area is 81.1 Å². The molecule has 0 spiro atoms. The highest BCUT2D eigenvalue weighted by atomic mass is 16.6. The van der Waals surface area contributed by atoms with E-state index in [1.165, 1.54) is 0 Å². The van der Waals surface area contributed by atoms with Crippen LogP contribution in [0.5, 0.6) is 11.5 Å². The van der Waals surface area contributed by atoms with Gasteiger partial charge in [-0.2, -0.15) is 0 Å². The lowest BCUT2D eigenvalue weighted by molar-refractivity contribution is 0.0456. The standard InChI is InChI=1S/C10H10O4/c11-4-7-1-2-9-10(3-7)14-8(5-12)6-13-9/h1-4,8,12H,5-6H2. The quantitative estimate of drug-likeness (QED) is 0.701. The van der Waals surface area contributed by atoms with Gasteiger partial charge in [0.15, 0.2) is 17.6 Å². The van der Waals surface area contributed by atoms with Gasteiger partial charge in [-0.25, -0.2) is 0 Å². The Balaban J connectivity index is 2.29. The second-order valence-electron chi connectivity index (χ2n) is 3.06. The van der Waals surface area contributed by atoms with Gasteiger partial charge in [-0.05, 0) is 18.2 Å². The molecule has 4 nitrogen and oxygen atoms in total. The molecule has 1 aromatic carbocycles. The van der Waals surface area contributed by atoms with E-state index in [9.17, 15) is 4.79 Å². The van der Waals surface area contributed by atoms with Crippen LogP contribution >= 0.6 is 0 Å². The van der Waals surface area contributed by atoms with E-state index in [1.807, 2.05) is 0 Å². The number of hydrogen-bond donors (Lipinski definition) is 1. The third-order valence-electron chi connectivity index (χ3n) is 2.03. The van der Waals surface area contributed by atoms with Gasteiger partial charge in [0.25, 0.3) is 0 Å². The highest BCUT2D eigenvalue weighted by molar-refractivity contribution is 5.76. The highest BCUT2D eigenvalue weighted by Crippen LogP contribution is 2.31. The van der Waals surface area contributed by atoms with Gasteiger partial charge in [0, 0.05) is 5.56 Å². The summed E-state index contributed by atoms with van der Waals surface area (Å²) in [5.41, 5.74) is 0.533. The van der Waals surface area contributed by atoms with E-state index >= 15 is 0 Å². The minimum atomic E-state index is -0.343. The predicted octanol–water partition coefficient (Wildman–Crippen LogP) is 0.631. The summed E-state index contributed by atoms with van der Waals surface area (Å²) in [5.74, 6) is 1.13. The van der Waals surface area contributed by atoms with Gasteiger partial charge in [0.05, 0.1) is 6.61 Å². The predicted molar refractivity (Wildman–Crippen MR) is 48.8 cm³/mol. The molecule has 1 unspecified atom stereocenters. The average Bonchev–Trinajstić information content (AvgIpc) is 2.27. The van der Waals surface area contributed by atoms with Gasteiger partial charge in [-0.1, -0.05) is 0 Å². The third kappa shape index (κ3) is 1.56. The summed E-state index contributed by atoms with van der Waals surface area (Å²) in [6.45, 7) is 0.245. The molecule has 14 heavy (non-hydrogen) atoms. The summed E-state index contributed by atoms with van der Waals surface area (Å²) in [7, 11) is 0. The van der Waals surface area contributed by atoms with Crippen LogP contribution in [-0.4, -0.2) is 30.7 Å². The van der Waals surface area contributed by atoms with Crippen molar-refractivity contribution in [3.05, 3.63) is 23.8 Å². The molecule has 0 amide bonds. The van der Waals surface area contributed by atoms with Crippen LogP contribution in [0.3, 0.4) is 0 Å². The van der Waals surface area contributed by atoms with Crippen molar-refractivity contribution in [1.82, 2.24) is 0 Å². The van der Waals surface area contributed by atoms with E-state index in [-0.39, 0.29) is 12.7 Å². The van der Waals surface area contributed by atoms with Crippen LogP contribution in [0.1, 0.15) is 10.4 Å². The minimum absolute atomic E-state index is 0.0925. The maximum Gasteiger partial charge on any atom is 0.162 e. The summed E-state index contributed by atoms with van der Waals surface area (Å²) in [4.78, 5) is 10.5. The lowest BCUT2D eigenvalue weighted by Gasteiger charge is -2.25. The average molecular weight is 194 g/mol. The molecule has 1 atom stereocenters. The molecule has 2 rings (SSSR count). The summed E-state index contributed by atoms with van der Waals surface area (Å²) >= 11 is 0. The van der Waals surface area contributed by atoms with Gasteiger partial charge in [-0.15, -0.1) is 0 Å². The van der Waals surface area contributed by atoms with Gasteiger partial charge in [0.1, 0.15) is 12.9 Å². The zero-order valence-electron chi connectivity index (χ0n) is 7.47.